The number of nitrogens with zero attached hydrogens (tertiary/aromatic N) is 3. The Hall–Kier alpha value is -3.70. The van der Waals surface area contributed by atoms with Crippen LogP contribution in [0.4, 0.5) is 0 Å². The van der Waals surface area contributed by atoms with Gasteiger partial charge in [-0.15, -0.1) is 0 Å². The molecule has 1 fully saturated rings. The van der Waals surface area contributed by atoms with E-state index in [1.54, 1.807) is 6.07 Å². The second-order valence-corrected chi connectivity index (χ2v) is 11.1. The molecule has 5 nitrogen and oxygen atoms in total. The summed E-state index contributed by atoms with van der Waals surface area (Å²) in [6.45, 7) is 5.64. The van der Waals surface area contributed by atoms with Crippen LogP contribution in [-0.4, -0.2) is 32.1 Å². The van der Waals surface area contributed by atoms with Crippen molar-refractivity contribution in [2.45, 2.75) is 71.5 Å². The fourth-order valence-electron chi connectivity index (χ4n) is 6.03. The van der Waals surface area contributed by atoms with Crippen molar-refractivity contribution in [3.63, 3.8) is 0 Å². The molecule has 1 heterocycles. The number of carboxylic acids is 1. The summed E-state index contributed by atoms with van der Waals surface area (Å²) in [5.74, 6) is 0.808. The van der Waals surface area contributed by atoms with E-state index in [-0.39, 0.29) is 0 Å². The average molecular weight is 536 g/mol. The number of aromatic carboxylic acids is 1. The minimum Gasteiger partial charge on any atom is -0.478 e. The van der Waals surface area contributed by atoms with Crippen LogP contribution < -0.4 is 0 Å². The van der Waals surface area contributed by atoms with Crippen molar-refractivity contribution in [1.82, 2.24) is 14.5 Å². The highest BCUT2D eigenvalue weighted by molar-refractivity contribution is 5.87. The van der Waals surface area contributed by atoms with Crippen molar-refractivity contribution in [2.75, 3.05) is 6.54 Å². The molecule has 5 heteroatoms. The van der Waals surface area contributed by atoms with Gasteiger partial charge in [0.05, 0.1) is 17.0 Å². The summed E-state index contributed by atoms with van der Waals surface area (Å²) in [5, 5.41) is 9.61. The summed E-state index contributed by atoms with van der Waals surface area (Å²) >= 11 is 0. The first-order valence-corrected chi connectivity index (χ1v) is 14.9. The lowest BCUT2D eigenvalue weighted by atomic mass is 9.88. The molecule has 0 unspecified atom stereocenters. The van der Waals surface area contributed by atoms with E-state index in [9.17, 15) is 9.90 Å². The van der Waals surface area contributed by atoms with Crippen LogP contribution in [0, 0.1) is 5.92 Å². The Balaban J connectivity index is 1.57. The number of unbranched alkanes of at least 4 members (excludes halogenated alkanes) is 1. The quantitative estimate of drug-likeness (QED) is 0.198. The Morgan fingerprint density at radius 3 is 2.27 bits per heavy atom. The number of rotatable bonds is 12. The zero-order valence-electron chi connectivity index (χ0n) is 23.6. The lowest BCUT2D eigenvalue weighted by molar-refractivity contribution is 0.0696. The molecule has 1 aromatic heterocycles. The van der Waals surface area contributed by atoms with Crippen molar-refractivity contribution < 1.29 is 9.90 Å². The predicted molar refractivity (Wildman–Crippen MR) is 162 cm³/mol. The maximum Gasteiger partial charge on any atom is 0.335 e. The van der Waals surface area contributed by atoms with Crippen LogP contribution in [0.5, 0.6) is 0 Å². The number of carbonyl (C=O) groups is 1. The van der Waals surface area contributed by atoms with Gasteiger partial charge in [-0.2, -0.15) is 0 Å². The summed E-state index contributed by atoms with van der Waals surface area (Å²) in [7, 11) is 0. The summed E-state index contributed by atoms with van der Waals surface area (Å²) in [5.41, 5.74) is 5.94. The number of carboxylic acid groups (broad SMARTS) is 1. The minimum absolute atomic E-state index is 0.347. The summed E-state index contributed by atoms with van der Waals surface area (Å²) < 4.78 is 2.45. The van der Waals surface area contributed by atoms with E-state index in [1.165, 1.54) is 37.8 Å². The van der Waals surface area contributed by atoms with Crippen LogP contribution in [0.1, 0.15) is 73.5 Å². The van der Waals surface area contributed by atoms with Gasteiger partial charge >= 0.3 is 5.97 Å². The van der Waals surface area contributed by atoms with Gasteiger partial charge in [0.15, 0.2) is 0 Å². The zero-order valence-corrected chi connectivity index (χ0v) is 23.6. The lowest BCUT2D eigenvalue weighted by Crippen LogP contribution is -2.31. The molecule has 5 rings (SSSR count). The fraction of sp³-hybridized carbons (Fsp3) is 0.371. The number of aromatic nitrogens is 2. The Labute approximate surface area is 238 Å². The smallest absolute Gasteiger partial charge is 0.335 e. The Bertz CT molecular complexity index is 1370. The molecule has 1 saturated carbocycles. The molecule has 0 saturated heterocycles. The van der Waals surface area contributed by atoms with Gasteiger partial charge in [-0.05, 0) is 42.9 Å². The molecule has 208 valence electrons. The SMILES string of the molecule is CCCCn1c(-c2ccccc2)nc(-c2ccccc2)c1CN(Cc1cccc(C(=O)O)c1)CC1CCCCC1. The topological polar surface area (TPSA) is 58.4 Å². The van der Waals surface area contributed by atoms with E-state index in [0.29, 0.717) is 18.0 Å². The molecule has 40 heavy (non-hydrogen) atoms. The first-order valence-electron chi connectivity index (χ1n) is 14.9. The van der Waals surface area contributed by atoms with Gasteiger partial charge in [-0.25, -0.2) is 9.78 Å². The molecule has 0 bridgehead atoms. The molecule has 1 aliphatic rings. The second-order valence-electron chi connectivity index (χ2n) is 11.1. The molecule has 4 aromatic rings. The molecule has 1 aliphatic carbocycles. The van der Waals surface area contributed by atoms with Crippen molar-refractivity contribution >= 4 is 5.97 Å². The highest BCUT2D eigenvalue weighted by atomic mass is 16.4. The van der Waals surface area contributed by atoms with Crippen molar-refractivity contribution in [2.24, 2.45) is 5.92 Å². The standard InChI is InChI=1S/C35H41N3O2/c1-2-3-22-38-32(33(29-17-9-5-10-18-29)36-34(38)30-19-11-6-12-20-30)26-37(24-27-14-7-4-8-15-27)25-28-16-13-21-31(23-28)35(39)40/h5-6,9-13,16-21,23,27H,2-4,7-8,14-15,22,24-26H2,1H3,(H,39,40). The molecule has 0 radical (unpaired) electrons. The van der Waals surface area contributed by atoms with Crippen LogP contribution in [0.25, 0.3) is 22.6 Å². The van der Waals surface area contributed by atoms with Gasteiger partial charge in [0.2, 0.25) is 0 Å². The van der Waals surface area contributed by atoms with Crippen LogP contribution in [0.3, 0.4) is 0 Å². The second kappa shape index (κ2) is 13.6. The van der Waals surface area contributed by atoms with Gasteiger partial charge in [0.1, 0.15) is 5.82 Å². The largest absolute Gasteiger partial charge is 0.478 e. The van der Waals surface area contributed by atoms with E-state index in [2.05, 4.69) is 83.1 Å². The maximum absolute atomic E-state index is 11.7. The van der Waals surface area contributed by atoms with E-state index in [1.807, 2.05) is 12.1 Å². The summed E-state index contributed by atoms with van der Waals surface area (Å²) in [6, 6.07) is 28.5. The van der Waals surface area contributed by atoms with E-state index >= 15 is 0 Å². The fourth-order valence-corrected chi connectivity index (χ4v) is 6.03. The van der Waals surface area contributed by atoms with Crippen molar-refractivity contribution in [3.05, 3.63) is 102 Å². The number of imidazole rings is 1. The zero-order chi connectivity index (χ0) is 27.7. The third-order valence-electron chi connectivity index (χ3n) is 8.08. The van der Waals surface area contributed by atoms with Crippen LogP contribution in [0.2, 0.25) is 0 Å². The summed E-state index contributed by atoms with van der Waals surface area (Å²) in [6.07, 6.45) is 8.66. The maximum atomic E-state index is 11.7. The van der Waals surface area contributed by atoms with Crippen LogP contribution in [-0.2, 0) is 19.6 Å². The highest BCUT2D eigenvalue weighted by Gasteiger charge is 2.24. The molecule has 1 N–H and O–H groups in total. The number of benzene rings is 3. The molecule has 3 aromatic carbocycles. The normalized spacial score (nSPS) is 14.1. The molecule has 0 spiro atoms. The lowest BCUT2D eigenvalue weighted by Gasteiger charge is -2.30. The Morgan fingerprint density at radius 2 is 1.60 bits per heavy atom. The molecule has 0 aliphatic heterocycles. The Morgan fingerprint density at radius 1 is 0.900 bits per heavy atom. The number of hydrogen-bond donors (Lipinski definition) is 1. The van der Waals surface area contributed by atoms with Crippen molar-refractivity contribution in [3.8, 4) is 22.6 Å². The third kappa shape index (κ3) is 6.89. The average Bonchev–Trinajstić information content (AvgIpc) is 3.35. The van der Waals surface area contributed by atoms with Crippen LogP contribution >= 0.6 is 0 Å². The molecule has 0 atom stereocenters. The first-order chi connectivity index (χ1) is 19.6. The van der Waals surface area contributed by atoms with Gasteiger partial charge in [-0.1, -0.05) is 105 Å². The molecule has 0 amide bonds. The Kier molecular flexibility index (Phi) is 9.46. The van der Waals surface area contributed by atoms with E-state index in [0.717, 1.165) is 60.7 Å². The number of hydrogen-bond acceptors (Lipinski definition) is 3. The third-order valence-corrected chi connectivity index (χ3v) is 8.08. The highest BCUT2D eigenvalue weighted by Crippen LogP contribution is 2.32. The van der Waals surface area contributed by atoms with Gasteiger partial charge in [0.25, 0.3) is 0 Å². The van der Waals surface area contributed by atoms with Crippen LogP contribution in [0.15, 0.2) is 84.9 Å². The van der Waals surface area contributed by atoms with Crippen molar-refractivity contribution in [1.29, 1.82) is 0 Å². The van der Waals surface area contributed by atoms with Gasteiger partial charge < -0.3 is 9.67 Å². The van der Waals surface area contributed by atoms with E-state index < -0.39 is 5.97 Å². The first kappa shape index (κ1) is 27.9. The molecular weight excluding hydrogens is 494 g/mol. The summed E-state index contributed by atoms with van der Waals surface area (Å²) in [4.78, 5) is 19.6. The van der Waals surface area contributed by atoms with Gasteiger partial charge in [0, 0.05) is 37.3 Å². The van der Waals surface area contributed by atoms with Gasteiger partial charge in [-0.3, -0.25) is 4.90 Å². The monoisotopic (exact) mass is 535 g/mol. The minimum atomic E-state index is -0.878. The predicted octanol–water partition coefficient (Wildman–Crippen LogP) is 8.30. The molecular formula is C35H41N3O2. The van der Waals surface area contributed by atoms with E-state index in [4.69, 9.17) is 4.98 Å².